The maximum atomic E-state index is 9.54. The second-order valence-electron chi connectivity index (χ2n) is 4.75. The monoisotopic (exact) mass is 253 g/mol. The highest BCUT2D eigenvalue weighted by Crippen LogP contribution is 2.29. The third-order valence-electron chi connectivity index (χ3n) is 3.35. The Hall–Kier alpha value is -2.36. The minimum absolute atomic E-state index is 0.279. The number of nitrogens with zero attached hydrogens (tertiary/aromatic N) is 3. The predicted molar refractivity (Wildman–Crippen MR) is 74.3 cm³/mol. The summed E-state index contributed by atoms with van der Waals surface area (Å²) in [5.41, 5.74) is 5.85. The van der Waals surface area contributed by atoms with Crippen molar-refractivity contribution in [3.63, 3.8) is 0 Å². The van der Waals surface area contributed by atoms with Crippen molar-refractivity contribution in [3.8, 4) is 17.0 Å². The average Bonchev–Trinajstić information content (AvgIpc) is 2.81. The Balaban J connectivity index is 2.39. The van der Waals surface area contributed by atoms with Crippen LogP contribution in [0.4, 0.5) is 0 Å². The van der Waals surface area contributed by atoms with Gasteiger partial charge < -0.3 is 5.11 Å². The minimum atomic E-state index is 0.279. The molecule has 96 valence electrons. The normalized spacial score (nSPS) is 11.1. The number of aromatic hydroxyl groups is 1. The number of benzene rings is 1. The van der Waals surface area contributed by atoms with Gasteiger partial charge in [0.2, 0.25) is 0 Å². The lowest BCUT2D eigenvalue weighted by molar-refractivity contribution is 0.475. The Morgan fingerprint density at radius 1 is 1.11 bits per heavy atom. The third kappa shape index (κ3) is 1.76. The number of fused-ring (bicyclic) bond motifs is 1. The molecule has 0 fully saturated rings. The van der Waals surface area contributed by atoms with E-state index in [0.717, 1.165) is 33.9 Å². The zero-order valence-corrected chi connectivity index (χ0v) is 11.2. The summed E-state index contributed by atoms with van der Waals surface area (Å²) in [7, 11) is 0. The van der Waals surface area contributed by atoms with Gasteiger partial charge in [0.25, 0.3) is 0 Å². The molecule has 2 heterocycles. The van der Waals surface area contributed by atoms with E-state index >= 15 is 0 Å². The summed E-state index contributed by atoms with van der Waals surface area (Å²) < 4.78 is 2.05. The van der Waals surface area contributed by atoms with E-state index in [1.807, 2.05) is 33.0 Å². The quantitative estimate of drug-likeness (QED) is 0.725. The first-order valence-corrected chi connectivity index (χ1v) is 6.18. The molecule has 0 spiro atoms. The first-order valence-electron chi connectivity index (χ1n) is 6.18. The van der Waals surface area contributed by atoms with Gasteiger partial charge in [-0.15, -0.1) is 0 Å². The van der Waals surface area contributed by atoms with Gasteiger partial charge in [-0.05, 0) is 44.5 Å². The Bertz CT molecular complexity index is 774. The van der Waals surface area contributed by atoms with Gasteiger partial charge >= 0.3 is 0 Å². The van der Waals surface area contributed by atoms with Crippen molar-refractivity contribution < 1.29 is 5.11 Å². The molecule has 2 aromatic heterocycles. The van der Waals surface area contributed by atoms with E-state index in [9.17, 15) is 5.11 Å². The zero-order chi connectivity index (χ0) is 13.6. The largest absolute Gasteiger partial charge is 0.508 e. The maximum absolute atomic E-state index is 9.54. The van der Waals surface area contributed by atoms with Crippen molar-refractivity contribution in [2.45, 2.75) is 20.8 Å². The van der Waals surface area contributed by atoms with Crippen LogP contribution in [0.3, 0.4) is 0 Å². The predicted octanol–water partition coefficient (Wildman–Crippen LogP) is 3.03. The highest BCUT2D eigenvalue weighted by atomic mass is 16.3. The maximum Gasteiger partial charge on any atom is 0.158 e. The van der Waals surface area contributed by atoms with Crippen molar-refractivity contribution in [1.29, 1.82) is 0 Å². The Morgan fingerprint density at radius 2 is 1.89 bits per heavy atom. The number of phenols is 1. The number of rotatable bonds is 1. The van der Waals surface area contributed by atoms with Gasteiger partial charge in [0.15, 0.2) is 5.65 Å². The second kappa shape index (κ2) is 4.09. The SMILES string of the molecule is Cc1cc(O)ccc1-c1c(C)nc(C)c2nccn12. The van der Waals surface area contributed by atoms with Crippen LogP contribution in [0.15, 0.2) is 30.6 Å². The number of hydrogen-bond acceptors (Lipinski definition) is 3. The molecule has 0 atom stereocenters. The molecule has 0 aliphatic carbocycles. The summed E-state index contributed by atoms with van der Waals surface area (Å²) in [5.74, 6) is 0.279. The number of phenolic OH excluding ortho intramolecular Hbond substituents is 1. The lowest BCUT2D eigenvalue weighted by atomic mass is 10.0. The fraction of sp³-hybridized carbons (Fsp3) is 0.200. The zero-order valence-electron chi connectivity index (χ0n) is 11.2. The van der Waals surface area contributed by atoms with Crippen LogP contribution >= 0.6 is 0 Å². The van der Waals surface area contributed by atoms with E-state index in [1.54, 1.807) is 18.3 Å². The topological polar surface area (TPSA) is 50.4 Å². The third-order valence-corrected chi connectivity index (χ3v) is 3.35. The Kier molecular flexibility index (Phi) is 2.52. The number of aryl methyl sites for hydroxylation is 3. The highest BCUT2D eigenvalue weighted by Gasteiger charge is 2.13. The van der Waals surface area contributed by atoms with Crippen LogP contribution in [0, 0.1) is 20.8 Å². The highest BCUT2D eigenvalue weighted by molar-refractivity contribution is 5.70. The van der Waals surface area contributed by atoms with Gasteiger partial charge in [-0.1, -0.05) is 0 Å². The summed E-state index contributed by atoms with van der Waals surface area (Å²) in [4.78, 5) is 8.91. The van der Waals surface area contributed by atoms with E-state index < -0.39 is 0 Å². The van der Waals surface area contributed by atoms with Gasteiger partial charge in [0, 0.05) is 18.0 Å². The van der Waals surface area contributed by atoms with Crippen molar-refractivity contribution in [2.24, 2.45) is 0 Å². The molecule has 0 radical (unpaired) electrons. The Morgan fingerprint density at radius 3 is 2.63 bits per heavy atom. The van der Waals surface area contributed by atoms with Gasteiger partial charge in [-0.25, -0.2) is 4.98 Å². The van der Waals surface area contributed by atoms with E-state index in [-0.39, 0.29) is 5.75 Å². The second-order valence-corrected chi connectivity index (χ2v) is 4.75. The van der Waals surface area contributed by atoms with Crippen LogP contribution in [-0.2, 0) is 0 Å². The first-order chi connectivity index (χ1) is 9.08. The van der Waals surface area contributed by atoms with E-state index in [2.05, 4.69) is 14.4 Å². The lowest BCUT2D eigenvalue weighted by Gasteiger charge is -2.13. The summed E-state index contributed by atoms with van der Waals surface area (Å²) in [5, 5.41) is 9.54. The summed E-state index contributed by atoms with van der Waals surface area (Å²) in [6.07, 6.45) is 3.72. The van der Waals surface area contributed by atoms with Gasteiger partial charge in [0.05, 0.1) is 17.1 Å². The molecular formula is C15H15N3O. The number of aromatic nitrogens is 3. The average molecular weight is 253 g/mol. The molecule has 0 amide bonds. The number of hydrogen-bond donors (Lipinski definition) is 1. The molecule has 4 heteroatoms. The molecule has 0 saturated carbocycles. The molecular weight excluding hydrogens is 238 g/mol. The summed E-state index contributed by atoms with van der Waals surface area (Å²) in [6, 6.07) is 5.38. The number of imidazole rings is 1. The van der Waals surface area contributed by atoms with Crippen LogP contribution in [0.25, 0.3) is 16.9 Å². The smallest absolute Gasteiger partial charge is 0.158 e. The molecule has 3 rings (SSSR count). The van der Waals surface area contributed by atoms with Crippen LogP contribution in [0.2, 0.25) is 0 Å². The van der Waals surface area contributed by atoms with E-state index in [0.29, 0.717) is 0 Å². The molecule has 0 saturated heterocycles. The fourth-order valence-corrected chi connectivity index (χ4v) is 2.52. The molecule has 3 aromatic rings. The van der Waals surface area contributed by atoms with E-state index in [4.69, 9.17) is 0 Å². The molecule has 0 bridgehead atoms. The molecule has 1 N–H and O–H groups in total. The molecule has 1 aromatic carbocycles. The molecule has 0 unspecified atom stereocenters. The van der Waals surface area contributed by atoms with E-state index in [1.165, 1.54) is 0 Å². The summed E-state index contributed by atoms with van der Waals surface area (Å²) >= 11 is 0. The molecule has 0 aliphatic heterocycles. The standard InChI is InChI=1S/C15H15N3O/c1-9-8-12(19)4-5-13(9)14-10(2)17-11(3)15-16-6-7-18(14)15/h4-8,19H,1-3H3. The van der Waals surface area contributed by atoms with Crippen molar-refractivity contribution in [3.05, 3.63) is 47.5 Å². The van der Waals surface area contributed by atoms with Gasteiger partial charge in [0.1, 0.15) is 5.75 Å². The van der Waals surface area contributed by atoms with Gasteiger partial charge in [-0.3, -0.25) is 9.38 Å². The fourth-order valence-electron chi connectivity index (χ4n) is 2.52. The van der Waals surface area contributed by atoms with Crippen LogP contribution < -0.4 is 0 Å². The van der Waals surface area contributed by atoms with Crippen molar-refractivity contribution in [2.75, 3.05) is 0 Å². The molecule has 4 nitrogen and oxygen atoms in total. The van der Waals surface area contributed by atoms with Gasteiger partial charge in [-0.2, -0.15) is 0 Å². The molecule has 0 aliphatic rings. The summed E-state index contributed by atoms with van der Waals surface area (Å²) in [6.45, 7) is 5.94. The van der Waals surface area contributed by atoms with Crippen LogP contribution in [0.5, 0.6) is 5.75 Å². The Labute approximate surface area is 111 Å². The lowest BCUT2D eigenvalue weighted by Crippen LogP contribution is -2.02. The minimum Gasteiger partial charge on any atom is -0.508 e. The van der Waals surface area contributed by atoms with Crippen molar-refractivity contribution in [1.82, 2.24) is 14.4 Å². The van der Waals surface area contributed by atoms with Crippen LogP contribution in [-0.4, -0.2) is 19.5 Å². The van der Waals surface area contributed by atoms with Crippen LogP contribution in [0.1, 0.15) is 17.0 Å². The first kappa shape index (κ1) is 11.7. The van der Waals surface area contributed by atoms with Crippen molar-refractivity contribution >= 4 is 5.65 Å². The molecule has 19 heavy (non-hydrogen) atoms.